The fourth-order valence-electron chi connectivity index (χ4n) is 1.56. The molecule has 2 heterocycles. The predicted molar refractivity (Wildman–Crippen MR) is 49.6 cm³/mol. The average molecular weight is 195 g/mol. The van der Waals surface area contributed by atoms with Crippen LogP contribution in [0, 0.1) is 0 Å². The standard InChI is InChI=1S/C10H13NO3/c1-2-7(1)11-5-8-10-9(6-14-8)12-3-4-13-10/h6-7,11H,1-5H2. The minimum absolute atomic E-state index is 0.613. The van der Waals surface area contributed by atoms with E-state index in [9.17, 15) is 0 Å². The first-order valence-electron chi connectivity index (χ1n) is 5.03. The molecule has 1 aromatic rings. The van der Waals surface area contributed by atoms with E-state index in [1.54, 1.807) is 6.26 Å². The molecule has 4 heteroatoms. The summed E-state index contributed by atoms with van der Waals surface area (Å²) in [5, 5.41) is 3.38. The fourth-order valence-corrected chi connectivity index (χ4v) is 1.56. The lowest BCUT2D eigenvalue weighted by Gasteiger charge is -2.14. The van der Waals surface area contributed by atoms with E-state index >= 15 is 0 Å². The van der Waals surface area contributed by atoms with Gasteiger partial charge < -0.3 is 19.2 Å². The van der Waals surface area contributed by atoms with E-state index in [1.807, 2.05) is 0 Å². The van der Waals surface area contributed by atoms with Crippen molar-refractivity contribution in [3.05, 3.63) is 12.0 Å². The van der Waals surface area contributed by atoms with E-state index in [-0.39, 0.29) is 0 Å². The summed E-state index contributed by atoms with van der Waals surface area (Å²) in [4.78, 5) is 0. The monoisotopic (exact) mass is 195 g/mol. The van der Waals surface area contributed by atoms with Crippen LogP contribution in [0.2, 0.25) is 0 Å². The maximum Gasteiger partial charge on any atom is 0.204 e. The molecule has 1 aliphatic carbocycles. The van der Waals surface area contributed by atoms with Gasteiger partial charge in [0.1, 0.15) is 19.5 Å². The number of rotatable bonds is 3. The highest BCUT2D eigenvalue weighted by Gasteiger charge is 2.24. The summed E-state index contributed by atoms with van der Waals surface area (Å²) >= 11 is 0. The lowest BCUT2D eigenvalue weighted by molar-refractivity contribution is 0.171. The van der Waals surface area contributed by atoms with Gasteiger partial charge in [0.15, 0.2) is 11.5 Å². The van der Waals surface area contributed by atoms with E-state index in [2.05, 4.69) is 5.32 Å². The summed E-state index contributed by atoms with van der Waals surface area (Å²) in [5.41, 5.74) is 0. The Morgan fingerprint density at radius 2 is 2.14 bits per heavy atom. The van der Waals surface area contributed by atoms with Crippen LogP contribution in [-0.4, -0.2) is 19.3 Å². The van der Waals surface area contributed by atoms with Crippen molar-refractivity contribution in [3.8, 4) is 11.5 Å². The van der Waals surface area contributed by atoms with Gasteiger partial charge in [-0.1, -0.05) is 0 Å². The van der Waals surface area contributed by atoms with E-state index in [4.69, 9.17) is 13.9 Å². The van der Waals surface area contributed by atoms with E-state index in [0.717, 1.165) is 23.8 Å². The lowest BCUT2D eigenvalue weighted by Crippen LogP contribution is -2.18. The average Bonchev–Trinajstić information content (AvgIpc) is 2.96. The lowest BCUT2D eigenvalue weighted by atomic mass is 10.3. The number of hydrogen-bond acceptors (Lipinski definition) is 4. The summed E-state index contributed by atoms with van der Waals surface area (Å²) in [6.07, 6.45) is 4.18. The van der Waals surface area contributed by atoms with Gasteiger partial charge in [-0.25, -0.2) is 0 Å². The van der Waals surface area contributed by atoms with Gasteiger partial charge in [-0.15, -0.1) is 0 Å². The van der Waals surface area contributed by atoms with Crippen LogP contribution < -0.4 is 14.8 Å². The topological polar surface area (TPSA) is 43.6 Å². The smallest absolute Gasteiger partial charge is 0.204 e. The van der Waals surface area contributed by atoms with Gasteiger partial charge >= 0.3 is 0 Å². The van der Waals surface area contributed by atoms with Crippen LogP contribution in [0.4, 0.5) is 0 Å². The molecule has 0 unspecified atom stereocenters. The molecule has 1 saturated carbocycles. The van der Waals surface area contributed by atoms with Gasteiger partial charge in [0.05, 0.1) is 6.54 Å². The number of nitrogens with one attached hydrogen (secondary N) is 1. The molecular formula is C10H13NO3. The minimum Gasteiger partial charge on any atom is -0.483 e. The number of ether oxygens (including phenoxy) is 2. The molecule has 14 heavy (non-hydrogen) atoms. The summed E-state index contributed by atoms with van der Waals surface area (Å²) in [7, 11) is 0. The number of furan rings is 1. The molecule has 1 N–H and O–H groups in total. The second-order valence-corrected chi connectivity index (χ2v) is 3.70. The summed E-state index contributed by atoms with van der Waals surface area (Å²) < 4.78 is 16.3. The van der Waals surface area contributed by atoms with Gasteiger partial charge in [0.2, 0.25) is 5.75 Å². The first-order valence-corrected chi connectivity index (χ1v) is 5.03. The minimum atomic E-state index is 0.613. The van der Waals surface area contributed by atoms with Crippen LogP contribution in [0.3, 0.4) is 0 Å². The van der Waals surface area contributed by atoms with Crippen LogP contribution in [0.1, 0.15) is 18.6 Å². The molecule has 0 aromatic carbocycles. The molecule has 1 fully saturated rings. The van der Waals surface area contributed by atoms with Crippen molar-refractivity contribution >= 4 is 0 Å². The molecule has 0 bridgehead atoms. The Hall–Kier alpha value is -1.16. The molecular weight excluding hydrogens is 182 g/mol. The van der Waals surface area contributed by atoms with Gasteiger partial charge in [-0.05, 0) is 12.8 Å². The Bertz CT molecular complexity index is 330. The van der Waals surface area contributed by atoms with Crippen molar-refractivity contribution in [2.24, 2.45) is 0 Å². The Morgan fingerprint density at radius 1 is 1.29 bits per heavy atom. The van der Waals surface area contributed by atoms with Gasteiger partial charge in [0, 0.05) is 6.04 Å². The van der Waals surface area contributed by atoms with E-state index in [0.29, 0.717) is 19.3 Å². The molecule has 0 radical (unpaired) electrons. The van der Waals surface area contributed by atoms with Crippen LogP contribution >= 0.6 is 0 Å². The third-order valence-corrected chi connectivity index (χ3v) is 2.50. The van der Waals surface area contributed by atoms with Crippen molar-refractivity contribution < 1.29 is 13.9 Å². The number of fused-ring (bicyclic) bond motifs is 1. The van der Waals surface area contributed by atoms with E-state index < -0.39 is 0 Å². The van der Waals surface area contributed by atoms with Crippen molar-refractivity contribution in [1.82, 2.24) is 5.32 Å². The molecule has 76 valence electrons. The molecule has 1 aliphatic heterocycles. The van der Waals surface area contributed by atoms with Crippen LogP contribution in [0.25, 0.3) is 0 Å². The van der Waals surface area contributed by atoms with Crippen molar-refractivity contribution in [2.75, 3.05) is 13.2 Å². The predicted octanol–water partition coefficient (Wildman–Crippen LogP) is 1.30. The highest BCUT2D eigenvalue weighted by molar-refractivity contribution is 5.42. The first-order chi connectivity index (χ1) is 6.93. The zero-order chi connectivity index (χ0) is 9.38. The van der Waals surface area contributed by atoms with Crippen LogP contribution in [0.5, 0.6) is 11.5 Å². The van der Waals surface area contributed by atoms with Crippen molar-refractivity contribution in [1.29, 1.82) is 0 Å². The Morgan fingerprint density at radius 3 is 3.00 bits per heavy atom. The third-order valence-electron chi connectivity index (χ3n) is 2.50. The first kappa shape index (κ1) is 8.17. The summed E-state index contributed by atoms with van der Waals surface area (Å²) in [6, 6.07) is 0.681. The summed E-state index contributed by atoms with van der Waals surface area (Å²) in [5.74, 6) is 2.37. The molecule has 4 nitrogen and oxygen atoms in total. The SMILES string of the molecule is c1oc(CNC2CC2)c2c1OCCO2. The van der Waals surface area contributed by atoms with Gasteiger partial charge in [0.25, 0.3) is 0 Å². The van der Waals surface area contributed by atoms with Crippen molar-refractivity contribution in [3.63, 3.8) is 0 Å². The molecule has 0 atom stereocenters. The van der Waals surface area contributed by atoms with Crippen LogP contribution in [-0.2, 0) is 6.54 Å². The normalized spacial score (nSPS) is 19.7. The van der Waals surface area contributed by atoms with Crippen LogP contribution in [0.15, 0.2) is 10.7 Å². The highest BCUT2D eigenvalue weighted by atomic mass is 16.6. The highest BCUT2D eigenvalue weighted by Crippen LogP contribution is 2.36. The third kappa shape index (κ3) is 1.46. The molecule has 1 aromatic heterocycles. The molecule has 0 saturated heterocycles. The van der Waals surface area contributed by atoms with E-state index in [1.165, 1.54) is 12.8 Å². The fraction of sp³-hybridized carbons (Fsp3) is 0.600. The van der Waals surface area contributed by atoms with Gasteiger partial charge in [-0.3, -0.25) is 0 Å². The Labute approximate surface area is 82.2 Å². The number of hydrogen-bond donors (Lipinski definition) is 1. The molecule has 0 spiro atoms. The molecule has 2 aliphatic rings. The van der Waals surface area contributed by atoms with Crippen molar-refractivity contribution in [2.45, 2.75) is 25.4 Å². The molecule has 3 rings (SSSR count). The second kappa shape index (κ2) is 3.20. The maximum absolute atomic E-state index is 5.49. The second-order valence-electron chi connectivity index (χ2n) is 3.70. The maximum atomic E-state index is 5.49. The quantitative estimate of drug-likeness (QED) is 0.789. The molecule has 0 amide bonds. The zero-order valence-corrected chi connectivity index (χ0v) is 7.91. The zero-order valence-electron chi connectivity index (χ0n) is 7.91. The largest absolute Gasteiger partial charge is 0.483 e. The van der Waals surface area contributed by atoms with Gasteiger partial charge in [-0.2, -0.15) is 0 Å². The summed E-state index contributed by atoms with van der Waals surface area (Å²) in [6.45, 7) is 1.97. The Kier molecular flexibility index (Phi) is 1.87. The Balaban J connectivity index is 1.72.